The van der Waals surface area contributed by atoms with Crippen molar-refractivity contribution in [1.82, 2.24) is 10.6 Å². The van der Waals surface area contributed by atoms with Crippen molar-refractivity contribution < 1.29 is 9.53 Å². The van der Waals surface area contributed by atoms with E-state index in [1.54, 1.807) is 0 Å². The van der Waals surface area contributed by atoms with E-state index in [9.17, 15) is 4.79 Å². The zero-order chi connectivity index (χ0) is 15.0. The van der Waals surface area contributed by atoms with Crippen LogP contribution >= 0.6 is 0 Å². The summed E-state index contributed by atoms with van der Waals surface area (Å²) in [5, 5.41) is 6.71. The van der Waals surface area contributed by atoms with Crippen LogP contribution in [-0.4, -0.2) is 37.7 Å². The Morgan fingerprint density at radius 2 is 2.05 bits per heavy atom. The number of hydrogen-bond acceptors (Lipinski definition) is 3. The van der Waals surface area contributed by atoms with Crippen LogP contribution in [0.25, 0.3) is 0 Å². The van der Waals surface area contributed by atoms with Gasteiger partial charge in [0.1, 0.15) is 0 Å². The van der Waals surface area contributed by atoms with Gasteiger partial charge in [0.05, 0.1) is 6.10 Å². The smallest absolute Gasteiger partial charge is 0.220 e. The predicted octanol–water partition coefficient (Wildman–Crippen LogP) is 1.94. The lowest BCUT2D eigenvalue weighted by Crippen LogP contribution is -2.66. The maximum absolute atomic E-state index is 12.4. The summed E-state index contributed by atoms with van der Waals surface area (Å²) in [6, 6.07) is 0.303. The Bertz CT molecular complexity index is 390. The quantitative estimate of drug-likeness (QED) is 0.833. The SMILES string of the molecule is CC(CC(=O)NC1C2CCOC2C1(C)C)C1CCNCC1. The lowest BCUT2D eigenvalue weighted by Gasteiger charge is -2.54. The highest BCUT2D eigenvalue weighted by atomic mass is 16.5. The fourth-order valence-electron chi connectivity index (χ4n) is 4.72. The Kier molecular flexibility index (Phi) is 4.28. The third-order valence-corrected chi connectivity index (χ3v) is 6.11. The van der Waals surface area contributed by atoms with Gasteiger partial charge < -0.3 is 15.4 Å². The van der Waals surface area contributed by atoms with E-state index in [4.69, 9.17) is 4.74 Å². The number of carbonyl (C=O) groups is 1. The molecule has 0 aromatic rings. The average molecular weight is 294 g/mol. The number of nitrogens with one attached hydrogen (secondary N) is 2. The van der Waals surface area contributed by atoms with Crippen molar-refractivity contribution in [3.63, 3.8) is 0 Å². The van der Waals surface area contributed by atoms with Gasteiger partial charge in [-0.3, -0.25) is 4.79 Å². The minimum Gasteiger partial charge on any atom is -0.377 e. The first-order valence-corrected chi connectivity index (χ1v) is 8.62. The zero-order valence-corrected chi connectivity index (χ0v) is 13.7. The van der Waals surface area contributed by atoms with Crippen LogP contribution in [0.1, 0.15) is 46.5 Å². The number of fused-ring (bicyclic) bond motifs is 1. The maximum Gasteiger partial charge on any atom is 0.220 e. The molecule has 4 heteroatoms. The predicted molar refractivity (Wildman–Crippen MR) is 82.9 cm³/mol. The van der Waals surface area contributed by atoms with Crippen LogP contribution in [0.3, 0.4) is 0 Å². The summed E-state index contributed by atoms with van der Waals surface area (Å²) in [5.41, 5.74) is 0.0921. The highest BCUT2D eigenvalue weighted by Gasteiger charge is 2.59. The molecule has 1 amide bonds. The minimum absolute atomic E-state index is 0.0921. The summed E-state index contributed by atoms with van der Waals surface area (Å²) in [6.45, 7) is 9.75. The summed E-state index contributed by atoms with van der Waals surface area (Å²) in [5.74, 6) is 1.97. The van der Waals surface area contributed by atoms with Crippen LogP contribution in [0.5, 0.6) is 0 Å². The molecule has 4 atom stereocenters. The van der Waals surface area contributed by atoms with Crippen molar-refractivity contribution in [1.29, 1.82) is 0 Å². The molecule has 3 fully saturated rings. The molecule has 0 aromatic carbocycles. The van der Waals surface area contributed by atoms with Crippen molar-refractivity contribution in [2.45, 2.75) is 58.6 Å². The molecule has 4 nitrogen and oxygen atoms in total. The second kappa shape index (κ2) is 5.88. The number of piperidine rings is 1. The molecule has 0 radical (unpaired) electrons. The van der Waals surface area contributed by atoms with E-state index < -0.39 is 0 Å². The van der Waals surface area contributed by atoms with Gasteiger partial charge in [-0.15, -0.1) is 0 Å². The Hall–Kier alpha value is -0.610. The largest absolute Gasteiger partial charge is 0.377 e. The highest BCUT2D eigenvalue weighted by molar-refractivity contribution is 5.76. The molecule has 0 aromatic heterocycles. The Labute approximate surface area is 128 Å². The third kappa shape index (κ3) is 2.85. The van der Waals surface area contributed by atoms with Gasteiger partial charge in [-0.05, 0) is 44.2 Å². The van der Waals surface area contributed by atoms with Gasteiger partial charge in [-0.25, -0.2) is 0 Å². The average Bonchev–Trinajstić information content (AvgIpc) is 2.93. The first kappa shape index (κ1) is 15.3. The number of hydrogen-bond donors (Lipinski definition) is 2. The summed E-state index contributed by atoms with van der Waals surface area (Å²) >= 11 is 0. The van der Waals surface area contributed by atoms with Gasteiger partial charge in [0.25, 0.3) is 0 Å². The van der Waals surface area contributed by atoms with E-state index in [2.05, 4.69) is 31.4 Å². The second-order valence-electron chi connectivity index (χ2n) is 7.88. The molecule has 3 aliphatic rings. The molecule has 0 spiro atoms. The van der Waals surface area contributed by atoms with Crippen molar-refractivity contribution >= 4 is 5.91 Å². The van der Waals surface area contributed by atoms with Gasteiger partial charge in [0, 0.05) is 30.4 Å². The van der Waals surface area contributed by atoms with Gasteiger partial charge >= 0.3 is 0 Å². The van der Waals surface area contributed by atoms with E-state index in [1.807, 2.05) is 0 Å². The molecule has 21 heavy (non-hydrogen) atoms. The van der Waals surface area contributed by atoms with Crippen LogP contribution in [0.2, 0.25) is 0 Å². The Morgan fingerprint density at radius 3 is 2.76 bits per heavy atom. The van der Waals surface area contributed by atoms with Crippen molar-refractivity contribution in [3.05, 3.63) is 0 Å². The zero-order valence-electron chi connectivity index (χ0n) is 13.7. The molecule has 1 aliphatic carbocycles. The maximum atomic E-state index is 12.4. The standard InChI is InChI=1S/C17H30N2O2/c1-11(12-4-7-18-8-5-12)10-14(20)19-15-13-6-9-21-16(13)17(15,2)3/h11-13,15-16,18H,4-10H2,1-3H3,(H,19,20). The number of amides is 1. The van der Waals surface area contributed by atoms with Crippen LogP contribution in [0, 0.1) is 23.2 Å². The van der Waals surface area contributed by atoms with Gasteiger partial charge in [0.2, 0.25) is 5.91 Å². The molecule has 2 N–H and O–H groups in total. The number of ether oxygens (including phenoxy) is 1. The van der Waals surface area contributed by atoms with Gasteiger partial charge in [-0.1, -0.05) is 20.8 Å². The summed E-state index contributed by atoms with van der Waals surface area (Å²) < 4.78 is 5.80. The first-order chi connectivity index (χ1) is 10.00. The molecule has 2 aliphatic heterocycles. The van der Waals surface area contributed by atoms with E-state index in [1.165, 1.54) is 12.8 Å². The van der Waals surface area contributed by atoms with Crippen LogP contribution in [-0.2, 0) is 9.53 Å². The second-order valence-corrected chi connectivity index (χ2v) is 7.88. The lowest BCUT2D eigenvalue weighted by atomic mass is 9.57. The molecule has 120 valence electrons. The molecular weight excluding hydrogens is 264 g/mol. The van der Waals surface area contributed by atoms with Crippen molar-refractivity contribution in [3.8, 4) is 0 Å². The summed E-state index contributed by atoms with van der Waals surface area (Å²) in [7, 11) is 0. The fourth-order valence-corrected chi connectivity index (χ4v) is 4.72. The normalized spacial score (nSPS) is 36.6. The summed E-state index contributed by atoms with van der Waals surface area (Å²) in [4.78, 5) is 12.4. The van der Waals surface area contributed by atoms with Crippen molar-refractivity contribution in [2.24, 2.45) is 23.2 Å². The lowest BCUT2D eigenvalue weighted by molar-refractivity contribution is -0.138. The van der Waals surface area contributed by atoms with Gasteiger partial charge in [0.15, 0.2) is 0 Å². The highest BCUT2D eigenvalue weighted by Crippen LogP contribution is 2.52. The third-order valence-electron chi connectivity index (χ3n) is 6.11. The van der Waals surface area contributed by atoms with Crippen molar-refractivity contribution in [2.75, 3.05) is 19.7 Å². The molecule has 0 bridgehead atoms. The van der Waals surface area contributed by atoms with Crippen LogP contribution in [0.4, 0.5) is 0 Å². The Balaban J connectivity index is 1.50. The molecular formula is C17H30N2O2. The minimum atomic E-state index is 0.0921. The van der Waals surface area contributed by atoms with E-state index >= 15 is 0 Å². The fraction of sp³-hybridized carbons (Fsp3) is 0.941. The molecule has 2 saturated heterocycles. The first-order valence-electron chi connectivity index (χ1n) is 8.62. The van der Waals surface area contributed by atoms with E-state index in [0.717, 1.165) is 26.1 Å². The summed E-state index contributed by atoms with van der Waals surface area (Å²) in [6.07, 6.45) is 4.55. The van der Waals surface area contributed by atoms with E-state index in [-0.39, 0.29) is 11.3 Å². The van der Waals surface area contributed by atoms with Gasteiger partial charge in [-0.2, -0.15) is 0 Å². The van der Waals surface area contributed by atoms with Crippen LogP contribution in [0.15, 0.2) is 0 Å². The molecule has 2 heterocycles. The molecule has 3 rings (SSSR count). The monoisotopic (exact) mass is 294 g/mol. The number of carbonyl (C=O) groups excluding carboxylic acids is 1. The Morgan fingerprint density at radius 1 is 1.33 bits per heavy atom. The molecule has 1 saturated carbocycles. The van der Waals surface area contributed by atoms with Crippen LogP contribution < -0.4 is 10.6 Å². The topological polar surface area (TPSA) is 50.4 Å². The molecule has 4 unspecified atom stereocenters. The van der Waals surface area contributed by atoms with E-state index in [0.29, 0.717) is 36.3 Å². The number of rotatable bonds is 4.